The Balaban J connectivity index is 1.55. The van der Waals surface area contributed by atoms with Crippen LogP contribution in [0.1, 0.15) is 50.2 Å². The highest BCUT2D eigenvalue weighted by molar-refractivity contribution is 5.76. The van der Waals surface area contributed by atoms with Crippen molar-refractivity contribution >= 4 is 5.91 Å². The molecule has 2 atom stereocenters. The minimum atomic E-state index is 0.331. The molecular formula is C18H28N4O. The van der Waals surface area contributed by atoms with Gasteiger partial charge in [-0.1, -0.05) is 12.2 Å². The van der Waals surface area contributed by atoms with Gasteiger partial charge in [0.15, 0.2) is 0 Å². The summed E-state index contributed by atoms with van der Waals surface area (Å²) in [7, 11) is 0. The molecule has 1 saturated heterocycles. The zero-order valence-electron chi connectivity index (χ0n) is 14.4. The van der Waals surface area contributed by atoms with Gasteiger partial charge in [-0.25, -0.2) is 9.67 Å². The van der Waals surface area contributed by atoms with Gasteiger partial charge < -0.3 is 4.90 Å². The van der Waals surface area contributed by atoms with Gasteiger partial charge in [0.25, 0.3) is 0 Å². The first-order chi connectivity index (χ1) is 11.1. The van der Waals surface area contributed by atoms with Gasteiger partial charge in [0, 0.05) is 26.1 Å². The number of carbonyl (C=O) groups is 1. The summed E-state index contributed by atoms with van der Waals surface area (Å²) in [5.41, 5.74) is 0. The number of carbonyl (C=O) groups excluding carboxylic acids is 1. The fraction of sp³-hybridized carbons (Fsp3) is 0.722. The summed E-state index contributed by atoms with van der Waals surface area (Å²) in [6.07, 6.45) is 11.0. The lowest BCUT2D eigenvalue weighted by Gasteiger charge is -2.33. The maximum Gasteiger partial charge on any atom is 0.223 e. The molecule has 1 aliphatic carbocycles. The third kappa shape index (κ3) is 4.21. The molecule has 1 fully saturated rings. The van der Waals surface area contributed by atoms with E-state index in [0.29, 0.717) is 24.2 Å². The monoisotopic (exact) mass is 316 g/mol. The van der Waals surface area contributed by atoms with Gasteiger partial charge in [0.05, 0.1) is 0 Å². The fourth-order valence-electron chi connectivity index (χ4n) is 3.83. The van der Waals surface area contributed by atoms with Crippen LogP contribution in [0.2, 0.25) is 0 Å². The summed E-state index contributed by atoms with van der Waals surface area (Å²) in [5, 5.41) is 4.46. The molecule has 0 bridgehead atoms. The highest BCUT2D eigenvalue weighted by atomic mass is 16.2. The number of hydrogen-bond acceptors (Lipinski definition) is 3. The summed E-state index contributed by atoms with van der Waals surface area (Å²) >= 11 is 0. The molecule has 1 aromatic heterocycles. The van der Waals surface area contributed by atoms with E-state index in [1.54, 1.807) is 0 Å². The predicted octanol–water partition coefficient (Wildman–Crippen LogP) is 2.88. The van der Waals surface area contributed by atoms with Crippen LogP contribution in [-0.4, -0.2) is 38.7 Å². The van der Waals surface area contributed by atoms with Gasteiger partial charge >= 0.3 is 0 Å². The molecule has 1 aliphatic heterocycles. The first-order valence-electron chi connectivity index (χ1n) is 8.94. The smallest absolute Gasteiger partial charge is 0.223 e. The van der Waals surface area contributed by atoms with E-state index in [9.17, 15) is 4.79 Å². The first kappa shape index (κ1) is 16.2. The normalized spacial score (nSPS) is 24.9. The number of amides is 1. The van der Waals surface area contributed by atoms with Crippen molar-refractivity contribution in [3.8, 4) is 0 Å². The van der Waals surface area contributed by atoms with Gasteiger partial charge in [0.2, 0.25) is 5.91 Å². The second kappa shape index (κ2) is 7.28. The van der Waals surface area contributed by atoms with Crippen LogP contribution in [-0.2, 0) is 11.3 Å². The van der Waals surface area contributed by atoms with Crippen molar-refractivity contribution in [2.75, 3.05) is 13.1 Å². The summed E-state index contributed by atoms with van der Waals surface area (Å²) < 4.78 is 2.00. The quantitative estimate of drug-likeness (QED) is 0.803. The van der Waals surface area contributed by atoms with Gasteiger partial charge in [-0.15, -0.1) is 0 Å². The van der Waals surface area contributed by atoms with E-state index in [0.717, 1.165) is 44.1 Å². The number of rotatable bonds is 4. The number of likely N-dealkylation sites (tertiary alicyclic amines) is 1. The molecule has 1 amide bonds. The number of aryl methyl sites for hydroxylation is 2. The molecule has 0 aromatic carbocycles. The maximum atomic E-state index is 12.6. The van der Waals surface area contributed by atoms with Crippen LogP contribution < -0.4 is 0 Å². The minimum Gasteiger partial charge on any atom is -0.342 e. The Morgan fingerprint density at radius 3 is 2.87 bits per heavy atom. The number of piperidine rings is 1. The largest absolute Gasteiger partial charge is 0.342 e. The summed E-state index contributed by atoms with van der Waals surface area (Å²) in [6.45, 7) is 6.59. The minimum absolute atomic E-state index is 0.331. The van der Waals surface area contributed by atoms with Crippen molar-refractivity contribution in [2.45, 2.75) is 58.9 Å². The van der Waals surface area contributed by atoms with Gasteiger partial charge in [-0.3, -0.25) is 4.79 Å². The Kier molecular flexibility index (Phi) is 5.13. The lowest BCUT2D eigenvalue weighted by atomic mass is 9.91. The average Bonchev–Trinajstić information content (AvgIpc) is 2.86. The van der Waals surface area contributed by atoms with Crippen molar-refractivity contribution < 1.29 is 4.79 Å². The molecule has 2 aliphatic rings. The second-order valence-corrected chi connectivity index (χ2v) is 7.06. The van der Waals surface area contributed by atoms with Crippen molar-refractivity contribution in [1.29, 1.82) is 0 Å². The molecule has 2 unspecified atom stereocenters. The summed E-state index contributed by atoms with van der Waals surface area (Å²) in [5.74, 6) is 3.08. The number of hydrogen-bond donors (Lipinski definition) is 0. The third-order valence-corrected chi connectivity index (χ3v) is 5.06. The van der Waals surface area contributed by atoms with E-state index < -0.39 is 0 Å². The second-order valence-electron chi connectivity index (χ2n) is 7.06. The molecule has 5 heteroatoms. The van der Waals surface area contributed by atoms with Gasteiger partial charge in [-0.05, 0) is 57.8 Å². The Bertz CT molecular complexity index is 578. The lowest BCUT2D eigenvalue weighted by molar-refractivity contribution is -0.133. The highest BCUT2D eigenvalue weighted by Crippen LogP contribution is 2.24. The van der Waals surface area contributed by atoms with E-state index >= 15 is 0 Å². The van der Waals surface area contributed by atoms with Crippen LogP contribution in [0.25, 0.3) is 0 Å². The van der Waals surface area contributed by atoms with Crippen molar-refractivity contribution in [3.05, 3.63) is 23.8 Å². The van der Waals surface area contributed by atoms with E-state index in [1.807, 2.05) is 18.5 Å². The van der Waals surface area contributed by atoms with Crippen molar-refractivity contribution in [3.63, 3.8) is 0 Å². The predicted molar refractivity (Wildman–Crippen MR) is 89.9 cm³/mol. The molecule has 126 valence electrons. The number of aromatic nitrogens is 3. The fourth-order valence-corrected chi connectivity index (χ4v) is 3.83. The highest BCUT2D eigenvalue weighted by Gasteiger charge is 2.26. The van der Waals surface area contributed by atoms with Crippen LogP contribution in [0.3, 0.4) is 0 Å². The van der Waals surface area contributed by atoms with E-state index in [2.05, 4.69) is 27.1 Å². The molecule has 5 nitrogen and oxygen atoms in total. The topological polar surface area (TPSA) is 51.0 Å². The Hall–Kier alpha value is -1.65. The van der Waals surface area contributed by atoms with Crippen LogP contribution in [0, 0.1) is 25.7 Å². The van der Waals surface area contributed by atoms with Crippen LogP contribution in [0.5, 0.6) is 0 Å². The Morgan fingerprint density at radius 1 is 1.30 bits per heavy atom. The zero-order chi connectivity index (χ0) is 16.2. The van der Waals surface area contributed by atoms with Gasteiger partial charge in [-0.2, -0.15) is 5.10 Å². The Labute approximate surface area is 138 Å². The molecule has 0 radical (unpaired) electrons. The first-order valence-corrected chi connectivity index (χ1v) is 8.94. The van der Waals surface area contributed by atoms with Crippen LogP contribution in [0.15, 0.2) is 12.2 Å². The molecule has 3 rings (SSSR count). The standard InChI is InChI=1S/C18H28N4O/c1-14-19-15(2)22(20-14)13-17-9-6-10-21(12-17)18(23)11-16-7-4-3-5-8-16/h4,7,16-17H,3,5-6,8-13H2,1-2H3. The number of allylic oxidation sites excluding steroid dienone is 2. The SMILES string of the molecule is Cc1nc(C)n(CC2CCCN(C(=O)CC3C=CCCC3)C2)n1. The maximum absolute atomic E-state index is 12.6. The molecule has 0 spiro atoms. The zero-order valence-corrected chi connectivity index (χ0v) is 14.4. The number of nitrogens with zero attached hydrogens (tertiary/aromatic N) is 4. The molecule has 0 saturated carbocycles. The summed E-state index contributed by atoms with van der Waals surface area (Å²) in [4.78, 5) is 19.0. The summed E-state index contributed by atoms with van der Waals surface area (Å²) in [6, 6.07) is 0. The van der Waals surface area contributed by atoms with Crippen molar-refractivity contribution in [2.24, 2.45) is 11.8 Å². The average molecular weight is 316 g/mol. The van der Waals surface area contributed by atoms with E-state index in [-0.39, 0.29) is 0 Å². The van der Waals surface area contributed by atoms with Crippen molar-refractivity contribution in [1.82, 2.24) is 19.7 Å². The molecule has 2 heterocycles. The van der Waals surface area contributed by atoms with Gasteiger partial charge in [0.1, 0.15) is 11.6 Å². The van der Waals surface area contributed by atoms with Crippen LogP contribution >= 0.6 is 0 Å². The molecule has 23 heavy (non-hydrogen) atoms. The molecular weight excluding hydrogens is 288 g/mol. The molecule has 0 N–H and O–H groups in total. The lowest BCUT2D eigenvalue weighted by Crippen LogP contribution is -2.41. The van der Waals surface area contributed by atoms with E-state index in [4.69, 9.17) is 0 Å². The third-order valence-electron chi connectivity index (χ3n) is 5.06. The molecule has 1 aromatic rings. The van der Waals surface area contributed by atoms with E-state index in [1.165, 1.54) is 19.3 Å². The van der Waals surface area contributed by atoms with Crippen LogP contribution in [0.4, 0.5) is 0 Å². The Morgan fingerprint density at radius 2 is 2.17 bits per heavy atom.